The minimum absolute atomic E-state index is 0.0731. The minimum atomic E-state index is -0.828. The first-order chi connectivity index (χ1) is 21.1. The summed E-state index contributed by atoms with van der Waals surface area (Å²) in [6.07, 6.45) is 5.56. The second-order valence-electron chi connectivity index (χ2n) is 11.6. The molecule has 0 radical (unpaired) electrons. The Labute approximate surface area is 249 Å². The van der Waals surface area contributed by atoms with Gasteiger partial charge < -0.3 is 5.11 Å². The fourth-order valence-corrected chi connectivity index (χ4v) is 6.55. The Hall–Kier alpha value is -4.25. The average molecular weight is 578 g/mol. The van der Waals surface area contributed by atoms with Crippen molar-refractivity contribution in [2.45, 2.75) is 63.6 Å². The predicted octanol–water partition coefficient (Wildman–Crippen LogP) is 4.62. The molecule has 2 N–H and O–H groups in total. The van der Waals surface area contributed by atoms with Gasteiger partial charge in [-0.3, -0.25) is 14.2 Å². The van der Waals surface area contributed by atoms with Crippen molar-refractivity contribution in [1.29, 1.82) is 0 Å². The van der Waals surface area contributed by atoms with Gasteiger partial charge in [0.15, 0.2) is 0 Å². The summed E-state index contributed by atoms with van der Waals surface area (Å²) in [5.41, 5.74) is 4.53. The Morgan fingerprint density at radius 1 is 1.09 bits per heavy atom. The normalized spacial score (nSPS) is 20.2. The molecule has 0 unspecified atom stereocenters. The van der Waals surface area contributed by atoms with E-state index in [-0.39, 0.29) is 12.2 Å². The van der Waals surface area contributed by atoms with E-state index < -0.39 is 5.60 Å². The molecule has 5 aromatic rings. The van der Waals surface area contributed by atoms with Gasteiger partial charge in [0.25, 0.3) is 5.56 Å². The first-order valence-corrected chi connectivity index (χ1v) is 15.1. The van der Waals surface area contributed by atoms with Crippen molar-refractivity contribution in [3.63, 3.8) is 0 Å². The molecule has 7 rings (SSSR count). The molecular formula is C33H35N7O3. The zero-order valence-electron chi connectivity index (χ0n) is 24.2. The second-order valence-corrected chi connectivity index (χ2v) is 11.6. The van der Waals surface area contributed by atoms with Crippen LogP contribution in [-0.4, -0.2) is 59.5 Å². The van der Waals surface area contributed by atoms with Gasteiger partial charge in [0.2, 0.25) is 5.82 Å². The number of H-pyrrole nitrogens is 1. The molecule has 0 amide bonds. The quantitative estimate of drug-likeness (QED) is 0.260. The summed E-state index contributed by atoms with van der Waals surface area (Å²) < 4.78 is 1.81. The van der Waals surface area contributed by atoms with Crippen LogP contribution >= 0.6 is 0 Å². The number of tetrazole rings is 1. The van der Waals surface area contributed by atoms with Gasteiger partial charge in [-0.15, -0.1) is 10.2 Å². The highest BCUT2D eigenvalue weighted by Gasteiger charge is 2.48. The highest BCUT2D eigenvalue weighted by Crippen LogP contribution is 2.43. The van der Waals surface area contributed by atoms with Gasteiger partial charge in [0.1, 0.15) is 11.4 Å². The number of unbranched alkanes of at least 4 members (excludes halogenated alkanes) is 1. The third-order valence-electron chi connectivity index (χ3n) is 8.87. The molecule has 0 spiro atoms. The number of aromatic nitrogens is 6. The highest BCUT2D eigenvalue weighted by atomic mass is 16.7. The van der Waals surface area contributed by atoms with E-state index in [1.165, 1.54) is 0 Å². The summed E-state index contributed by atoms with van der Waals surface area (Å²) in [7, 11) is 0. The molecule has 2 aliphatic heterocycles. The number of nitrogens with zero attached hydrogens (tertiary/aromatic N) is 6. The van der Waals surface area contributed by atoms with Crippen LogP contribution in [-0.2, 0) is 23.4 Å². The van der Waals surface area contributed by atoms with E-state index in [1.807, 2.05) is 52.1 Å². The van der Waals surface area contributed by atoms with Crippen LogP contribution in [0.2, 0.25) is 0 Å². The number of hydrogen-bond acceptors (Lipinski definition) is 8. The van der Waals surface area contributed by atoms with E-state index in [1.54, 1.807) is 0 Å². The first-order valence-electron chi connectivity index (χ1n) is 15.1. The maximum atomic E-state index is 14.1. The lowest BCUT2D eigenvalue weighted by atomic mass is 9.88. The Bertz CT molecular complexity index is 1790. The van der Waals surface area contributed by atoms with E-state index in [0.29, 0.717) is 35.7 Å². The fraction of sp³-hybridized carbons (Fsp3) is 0.364. The summed E-state index contributed by atoms with van der Waals surface area (Å²) in [6.45, 7) is 3.29. The third-order valence-corrected chi connectivity index (χ3v) is 8.87. The van der Waals surface area contributed by atoms with Crippen molar-refractivity contribution < 1.29 is 9.94 Å². The van der Waals surface area contributed by atoms with Gasteiger partial charge in [0, 0.05) is 31.0 Å². The Kier molecular flexibility index (Phi) is 7.34. The number of aromatic amines is 1. The summed E-state index contributed by atoms with van der Waals surface area (Å²) >= 11 is 0. The summed E-state index contributed by atoms with van der Waals surface area (Å²) in [4.78, 5) is 25.4. The summed E-state index contributed by atoms with van der Waals surface area (Å²) in [5.74, 6) is 1.33. The minimum Gasteiger partial charge on any atom is -0.393 e. The van der Waals surface area contributed by atoms with Crippen LogP contribution in [0.15, 0.2) is 71.5 Å². The smallest absolute Gasteiger partial charge is 0.261 e. The van der Waals surface area contributed by atoms with Gasteiger partial charge in [-0.2, -0.15) is 10.3 Å². The van der Waals surface area contributed by atoms with Crippen LogP contribution in [0, 0.1) is 0 Å². The SMILES string of the molecule is CCCCc1nc2ccc([C@@]3(CO)C[C@H]4CCCN4O3)cc2c(=O)n1Cc1ccc(-c2ccccc2-c2nn[nH]n2)cc1. The zero-order chi connectivity index (χ0) is 29.4. The van der Waals surface area contributed by atoms with Crippen molar-refractivity contribution in [3.05, 3.63) is 94.0 Å². The van der Waals surface area contributed by atoms with Gasteiger partial charge in [0.05, 0.1) is 24.1 Å². The number of aliphatic hydroxyl groups is 1. The number of hydrogen-bond donors (Lipinski definition) is 2. The van der Waals surface area contributed by atoms with Crippen molar-refractivity contribution in [3.8, 4) is 22.5 Å². The maximum Gasteiger partial charge on any atom is 0.261 e. The number of rotatable bonds is 9. The van der Waals surface area contributed by atoms with E-state index in [9.17, 15) is 9.90 Å². The Morgan fingerprint density at radius 3 is 2.67 bits per heavy atom. The summed E-state index contributed by atoms with van der Waals surface area (Å²) in [6, 6.07) is 22.3. The van der Waals surface area contributed by atoms with Crippen LogP contribution < -0.4 is 5.56 Å². The monoisotopic (exact) mass is 577 g/mol. The molecule has 0 saturated carbocycles. The molecule has 0 aliphatic carbocycles. The lowest BCUT2D eigenvalue weighted by Gasteiger charge is -2.27. The first kappa shape index (κ1) is 27.6. The number of aryl methyl sites for hydroxylation is 1. The van der Waals surface area contributed by atoms with Gasteiger partial charge in [-0.05, 0) is 58.9 Å². The Morgan fingerprint density at radius 2 is 1.93 bits per heavy atom. The lowest BCUT2D eigenvalue weighted by Crippen LogP contribution is -2.33. The third kappa shape index (κ3) is 5.05. The van der Waals surface area contributed by atoms with Crippen LogP contribution in [0.1, 0.15) is 56.0 Å². The van der Waals surface area contributed by atoms with E-state index >= 15 is 0 Å². The van der Waals surface area contributed by atoms with Gasteiger partial charge in [-0.25, -0.2) is 4.98 Å². The summed E-state index contributed by atoms with van der Waals surface area (Å²) in [5, 5.41) is 27.6. The van der Waals surface area contributed by atoms with Gasteiger partial charge in [-0.1, -0.05) is 67.9 Å². The second kappa shape index (κ2) is 11.4. The van der Waals surface area contributed by atoms with Crippen LogP contribution in [0.25, 0.3) is 33.4 Å². The molecule has 2 saturated heterocycles. The zero-order valence-corrected chi connectivity index (χ0v) is 24.2. The standard InChI is InChI=1S/C33H35N7O3/c1-2-3-10-30-34-29-16-15-24(33(21-41)19-25-7-6-17-40(25)43-33)18-28(29)32(42)39(30)20-22-11-13-23(14-12-22)26-8-4-5-9-27(26)31-35-37-38-36-31/h4-5,8-9,11-16,18,25,41H,2-3,6-7,10,17,19-21H2,1H3,(H,35,36,37,38)/t25-,33+/m1/s1. The molecule has 2 atom stereocenters. The van der Waals surface area contributed by atoms with E-state index in [4.69, 9.17) is 9.82 Å². The van der Waals surface area contributed by atoms with Gasteiger partial charge >= 0.3 is 0 Å². The molecule has 2 fully saturated rings. The molecule has 4 heterocycles. The van der Waals surface area contributed by atoms with E-state index in [2.05, 4.69) is 51.8 Å². The van der Waals surface area contributed by atoms with Crippen molar-refractivity contribution in [2.75, 3.05) is 13.2 Å². The topological polar surface area (TPSA) is 122 Å². The molecule has 43 heavy (non-hydrogen) atoms. The number of aliphatic hydroxyl groups excluding tert-OH is 1. The molecule has 2 aromatic heterocycles. The molecule has 3 aromatic carbocycles. The van der Waals surface area contributed by atoms with Crippen LogP contribution in [0.3, 0.4) is 0 Å². The Balaban J connectivity index is 1.24. The molecular weight excluding hydrogens is 542 g/mol. The molecule has 10 nitrogen and oxygen atoms in total. The maximum absolute atomic E-state index is 14.1. The van der Waals surface area contributed by atoms with Crippen molar-refractivity contribution in [2.24, 2.45) is 0 Å². The number of fused-ring (bicyclic) bond motifs is 2. The average Bonchev–Trinajstić information content (AvgIpc) is 3.80. The lowest BCUT2D eigenvalue weighted by molar-refractivity contribution is -0.211. The largest absolute Gasteiger partial charge is 0.393 e. The van der Waals surface area contributed by atoms with Crippen LogP contribution in [0.4, 0.5) is 0 Å². The van der Waals surface area contributed by atoms with Crippen LogP contribution in [0.5, 0.6) is 0 Å². The molecule has 10 heteroatoms. The number of hydroxylamine groups is 2. The number of benzene rings is 3. The molecule has 2 aliphatic rings. The van der Waals surface area contributed by atoms with Crippen molar-refractivity contribution >= 4 is 10.9 Å². The molecule has 220 valence electrons. The van der Waals surface area contributed by atoms with Crippen molar-refractivity contribution in [1.82, 2.24) is 35.2 Å². The number of nitrogens with one attached hydrogen (secondary N) is 1. The van der Waals surface area contributed by atoms with E-state index in [0.717, 1.165) is 72.3 Å². The fourth-order valence-electron chi connectivity index (χ4n) is 6.55. The molecule has 0 bridgehead atoms. The highest BCUT2D eigenvalue weighted by molar-refractivity contribution is 5.80. The predicted molar refractivity (Wildman–Crippen MR) is 163 cm³/mol.